The molecule has 0 radical (unpaired) electrons. The van der Waals surface area contributed by atoms with Crippen LogP contribution in [0.3, 0.4) is 0 Å². The van der Waals surface area contributed by atoms with E-state index in [0.717, 1.165) is 33.8 Å². The van der Waals surface area contributed by atoms with Gasteiger partial charge >= 0.3 is 12.1 Å². The number of nitrogens with one attached hydrogen (secondary N) is 1. The molecule has 10 nitrogen and oxygen atoms in total. The zero-order valence-corrected chi connectivity index (χ0v) is 31.3. The predicted molar refractivity (Wildman–Crippen MR) is 200 cm³/mol. The highest BCUT2D eigenvalue weighted by Crippen LogP contribution is 2.27. The van der Waals surface area contributed by atoms with Gasteiger partial charge in [0.25, 0.3) is 0 Å². The highest BCUT2D eigenvalue weighted by Gasteiger charge is 2.29. The summed E-state index contributed by atoms with van der Waals surface area (Å²) in [5, 5.41) is 12.7. The van der Waals surface area contributed by atoms with E-state index in [1.807, 2.05) is 78.9 Å². The summed E-state index contributed by atoms with van der Waals surface area (Å²) in [6, 6.07) is 29.4. The largest absolute Gasteiger partial charge is 0.508 e. The lowest BCUT2D eigenvalue weighted by atomic mass is 10.1. The van der Waals surface area contributed by atoms with Crippen molar-refractivity contribution in [3.8, 4) is 23.0 Å². The molecule has 0 saturated carbocycles. The zero-order chi connectivity index (χ0) is 37.7. The summed E-state index contributed by atoms with van der Waals surface area (Å²) in [5.74, 6) is 1.79. The smallest absolute Gasteiger partial charge is 0.408 e. The van der Waals surface area contributed by atoms with Crippen molar-refractivity contribution in [1.82, 2.24) is 10.2 Å². The van der Waals surface area contributed by atoms with Crippen LogP contribution in [0.5, 0.6) is 23.0 Å². The summed E-state index contributed by atoms with van der Waals surface area (Å²) >= 11 is 0. The maximum absolute atomic E-state index is 13.4. The number of nitrogens with zero attached hydrogens (tertiary/aromatic N) is 1. The van der Waals surface area contributed by atoms with Crippen LogP contribution < -0.4 is 19.5 Å². The van der Waals surface area contributed by atoms with Gasteiger partial charge in [-0.1, -0.05) is 60.7 Å². The van der Waals surface area contributed by atoms with Gasteiger partial charge < -0.3 is 34.1 Å². The second kappa shape index (κ2) is 18.3. The van der Waals surface area contributed by atoms with Crippen molar-refractivity contribution in [3.63, 3.8) is 0 Å². The molecule has 278 valence electrons. The summed E-state index contributed by atoms with van der Waals surface area (Å²) in [6.07, 6.45) is -0.454. The standard InChI is InChI=1S/C42H52N2O8/c1-41(2,3)51-39(46)36(43-40(47)52-42(4,5)6)22-23-44(26-32-16-8-10-20-37(32)49-28-30-14-12-18-34(45)24-30)27-33-17-9-11-21-38(33)50-29-31-15-13-19-35(25-31)48-7/h8-21,24-25,36,45H,22-23,26-29H2,1-7H3,(H,43,47). The number of benzene rings is 4. The van der Waals surface area contributed by atoms with E-state index in [2.05, 4.69) is 10.2 Å². The number of amides is 1. The Morgan fingerprint density at radius 1 is 0.712 bits per heavy atom. The molecule has 0 aliphatic heterocycles. The first kappa shape index (κ1) is 39.6. The minimum absolute atomic E-state index is 0.173. The number of phenols is 1. The Hall–Kier alpha value is -5.22. The summed E-state index contributed by atoms with van der Waals surface area (Å²) in [7, 11) is 1.63. The van der Waals surface area contributed by atoms with Crippen molar-refractivity contribution in [2.75, 3.05) is 13.7 Å². The first-order chi connectivity index (χ1) is 24.7. The second-order valence-corrected chi connectivity index (χ2v) is 14.5. The molecule has 0 heterocycles. The van der Waals surface area contributed by atoms with E-state index in [1.54, 1.807) is 66.9 Å². The topological polar surface area (TPSA) is 116 Å². The molecule has 0 aliphatic carbocycles. The lowest BCUT2D eigenvalue weighted by Crippen LogP contribution is -2.47. The van der Waals surface area contributed by atoms with Crippen molar-refractivity contribution in [2.45, 2.75) is 91.5 Å². The average molecular weight is 713 g/mol. The Morgan fingerprint density at radius 3 is 1.79 bits per heavy atom. The highest BCUT2D eigenvalue weighted by molar-refractivity contribution is 5.81. The Morgan fingerprint density at radius 2 is 1.25 bits per heavy atom. The van der Waals surface area contributed by atoms with Gasteiger partial charge in [-0.2, -0.15) is 0 Å². The minimum Gasteiger partial charge on any atom is -0.508 e. The molecule has 4 rings (SSSR count). The van der Waals surface area contributed by atoms with Crippen LogP contribution in [0.25, 0.3) is 0 Å². The maximum Gasteiger partial charge on any atom is 0.408 e. The van der Waals surface area contributed by atoms with Gasteiger partial charge in [0, 0.05) is 30.8 Å². The minimum atomic E-state index is -0.964. The van der Waals surface area contributed by atoms with Crippen molar-refractivity contribution >= 4 is 12.1 Å². The normalized spacial score (nSPS) is 12.2. The summed E-state index contributed by atoms with van der Waals surface area (Å²) in [4.78, 5) is 28.5. The van der Waals surface area contributed by atoms with Crippen LogP contribution in [0.1, 0.15) is 70.2 Å². The number of para-hydroxylation sites is 2. The fourth-order valence-corrected chi connectivity index (χ4v) is 5.36. The van der Waals surface area contributed by atoms with E-state index in [4.69, 9.17) is 23.7 Å². The van der Waals surface area contributed by atoms with Crippen LogP contribution in [0.15, 0.2) is 97.1 Å². The van der Waals surface area contributed by atoms with Crippen LogP contribution in [0, 0.1) is 0 Å². The van der Waals surface area contributed by atoms with Crippen molar-refractivity contribution in [2.24, 2.45) is 0 Å². The molecule has 0 spiro atoms. The number of rotatable bonds is 16. The second-order valence-electron chi connectivity index (χ2n) is 14.5. The summed E-state index contributed by atoms with van der Waals surface area (Å²) in [5.41, 5.74) is 2.17. The number of methoxy groups -OCH3 is 1. The van der Waals surface area contributed by atoms with Crippen molar-refractivity contribution in [3.05, 3.63) is 119 Å². The zero-order valence-electron chi connectivity index (χ0n) is 31.3. The molecule has 0 aliphatic rings. The fraction of sp³-hybridized carbons (Fsp3) is 0.381. The molecule has 2 N–H and O–H groups in total. The van der Waals surface area contributed by atoms with E-state index in [1.165, 1.54) is 0 Å². The number of hydrogen-bond donors (Lipinski definition) is 2. The number of carbonyl (C=O) groups is 2. The molecule has 0 aromatic heterocycles. The van der Waals surface area contributed by atoms with Gasteiger partial charge in [0.15, 0.2) is 0 Å². The number of carbonyl (C=O) groups excluding carboxylic acids is 2. The Labute approximate surface area is 307 Å². The number of hydrogen-bond acceptors (Lipinski definition) is 9. The molecule has 1 amide bonds. The summed E-state index contributed by atoms with van der Waals surface area (Å²) in [6.45, 7) is 12.6. The molecular formula is C42H52N2O8. The fourth-order valence-electron chi connectivity index (χ4n) is 5.36. The van der Waals surface area contributed by atoms with Crippen molar-refractivity contribution in [1.29, 1.82) is 0 Å². The molecule has 0 fully saturated rings. The quantitative estimate of drug-likeness (QED) is 0.111. The molecule has 1 atom stereocenters. The third kappa shape index (κ3) is 13.5. The number of ether oxygens (including phenoxy) is 5. The first-order valence-corrected chi connectivity index (χ1v) is 17.4. The molecule has 52 heavy (non-hydrogen) atoms. The monoisotopic (exact) mass is 712 g/mol. The van der Waals surface area contributed by atoms with E-state index < -0.39 is 29.3 Å². The van der Waals surface area contributed by atoms with Gasteiger partial charge in [-0.3, -0.25) is 4.90 Å². The van der Waals surface area contributed by atoms with Gasteiger partial charge in [0.1, 0.15) is 53.5 Å². The number of esters is 1. The summed E-state index contributed by atoms with van der Waals surface area (Å²) < 4.78 is 29.2. The number of phenolic OH excluding ortho intramolecular Hbond substituents is 1. The SMILES string of the molecule is COc1cccc(COc2ccccc2CN(CCC(NC(=O)OC(C)(C)C)C(=O)OC(C)(C)C)Cc2ccccc2OCc2cccc(O)c2)c1. The molecule has 0 bridgehead atoms. The average Bonchev–Trinajstić information content (AvgIpc) is 3.07. The van der Waals surface area contributed by atoms with Gasteiger partial charge in [-0.15, -0.1) is 0 Å². The van der Waals surface area contributed by atoms with Gasteiger partial charge in [0.2, 0.25) is 0 Å². The molecule has 0 saturated heterocycles. The maximum atomic E-state index is 13.4. The van der Waals surface area contributed by atoms with E-state index in [0.29, 0.717) is 32.0 Å². The lowest BCUT2D eigenvalue weighted by Gasteiger charge is -2.29. The van der Waals surface area contributed by atoms with Crippen molar-refractivity contribution < 1.29 is 38.4 Å². The van der Waals surface area contributed by atoms with Crippen LogP contribution >= 0.6 is 0 Å². The molecule has 1 unspecified atom stereocenters. The van der Waals surface area contributed by atoms with Gasteiger partial charge in [-0.05, 0) is 95.5 Å². The number of alkyl carbamates (subject to hydrolysis) is 1. The van der Waals surface area contributed by atoms with E-state index in [9.17, 15) is 14.7 Å². The molecule has 4 aromatic carbocycles. The Kier molecular flexibility index (Phi) is 13.9. The molecule has 4 aromatic rings. The van der Waals surface area contributed by atoms with Crippen LogP contribution in [0.4, 0.5) is 4.79 Å². The van der Waals surface area contributed by atoms with Gasteiger partial charge in [0.05, 0.1) is 7.11 Å². The molecule has 10 heteroatoms. The number of aromatic hydroxyl groups is 1. The van der Waals surface area contributed by atoms with E-state index >= 15 is 0 Å². The Bertz CT molecular complexity index is 1760. The third-order valence-electron chi connectivity index (χ3n) is 7.68. The first-order valence-electron chi connectivity index (χ1n) is 17.4. The van der Waals surface area contributed by atoms with Crippen LogP contribution in [-0.2, 0) is 40.6 Å². The molecular weight excluding hydrogens is 660 g/mol. The van der Waals surface area contributed by atoms with E-state index in [-0.39, 0.29) is 18.8 Å². The Balaban J connectivity index is 1.60. The predicted octanol–water partition coefficient (Wildman–Crippen LogP) is 8.19. The third-order valence-corrected chi connectivity index (χ3v) is 7.68. The lowest BCUT2D eigenvalue weighted by molar-refractivity contribution is -0.157. The highest BCUT2D eigenvalue weighted by atomic mass is 16.6. The van der Waals surface area contributed by atoms with Crippen LogP contribution in [-0.4, -0.2) is 53.0 Å². The van der Waals surface area contributed by atoms with Gasteiger partial charge in [-0.25, -0.2) is 9.59 Å². The van der Waals surface area contributed by atoms with Crippen LogP contribution in [0.2, 0.25) is 0 Å².